The molecule has 7 nitrogen and oxygen atoms in total. The van der Waals surface area contributed by atoms with Crippen LogP contribution in [0, 0.1) is 0 Å². The summed E-state index contributed by atoms with van der Waals surface area (Å²) in [5.74, 6) is 0. The Morgan fingerprint density at radius 1 is 1.12 bits per heavy atom. The highest BCUT2D eigenvalue weighted by Gasteiger charge is 2.12. The van der Waals surface area contributed by atoms with E-state index in [1.165, 1.54) is 16.2 Å². The molecule has 0 aliphatic heterocycles. The van der Waals surface area contributed by atoms with Gasteiger partial charge in [0.1, 0.15) is 5.65 Å². The van der Waals surface area contributed by atoms with Crippen molar-refractivity contribution in [2.75, 3.05) is 0 Å². The van der Waals surface area contributed by atoms with Crippen LogP contribution in [0.2, 0.25) is 0 Å². The largest absolute Gasteiger partial charge is 0.329 e. The minimum absolute atomic E-state index is 0.217. The molecule has 2 aromatic heterocycles. The van der Waals surface area contributed by atoms with Gasteiger partial charge in [-0.15, -0.1) is 0 Å². The van der Waals surface area contributed by atoms with Crippen LogP contribution in [-0.2, 0) is 13.6 Å². The minimum atomic E-state index is -0.539. The first-order valence-corrected chi connectivity index (χ1v) is 4.98. The molecule has 0 amide bonds. The molecule has 2 rings (SSSR count). The first kappa shape index (κ1) is 10.5. The van der Waals surface area contributed by atoms with Crippen LogP contribution in [0.1, 0.15) is 13.3 Å². The van der Waals surface area contributed by atoms with Gasteiger partial charge in [0.2, 0.25) is 0 Å². The Balaban J connectivity index is 3.01. The average molecular weight is 224 g/mol. The number of rotatable bonds is 2. The molecule has 0 spiro atoms. The second-order valence-corrected chi connectivity index (χ2v) is 3.60. The number of aromatic amines is 2. The molecule has 2 N–H and O–H groups in total. The summed E-state index contributed by atoms with van der Waals surface area (Å²) in [4.78, 5) is 39.2. The lowest BCUT2D eigenvalue weighted by Gasteiger charge is -2.00. The number of hydrogen-bond donors (Lipinski definition) is 2. The standard InChI is InChI=1S/C9H12N4O3/c1-3-4-13-5-6(10-9(13)16)12(2)8(15)11-7(5)14/h3-4H2,1-2H3,(H,10,16)(H,11,14,15). The van der Waals surface area contributed by atoms with E-state index in [0.29, 0.717) is 6.54 Å². The molecule has 86 valence electrons. The van der Waals surface area contributed by atoms with Crippen LogP contribution in [0.5, 0.6) is 0 Å². The van der Waals surface area contributed by atoms with Crippen molar-refractivity contribution in [3.8, 4) is 0 Å². The second-order valence-electron chi connectivity index (χ2n) is 3.60. The van der Waals surface area contributed by atoms with Crippen molar-refractivity contribution in [1.29, 1.82) is 0 Å². The SMILES string of the molecule is CCCn1c(=O)[nH]c2c1c(=O)[nH]c(=O)n2C. The Kier molecular flexibility index (Phi) is 2.30. The van der Waals surface area contributed by atoms with E-state index in [9.17, 15) is 14.4 Å². The minimum Gasteiger partial charge on any atom is -0.291 e. The van der Waals surface area contributed by atoms with E-state index in [-0.39, 0.29) is 16.9 Å². The van der Waals surface area contributed by atoms with Gasteiger partial charge in [-0.3, -0.25) is 23.9 Å². The average Bonchev–Trinajstić information content (AvgIpc) is 2.54. The Morgan fingerprint density at radius 2 is 1.81 bits per heavy atom. The van der Waals surface area contributed by atoms with Gasteiger partial charge in [-0.1, -0.05) is 6.92 Å². The molecule has 0 aliphatic rings. The molecule has 0 saturated carbocycles. The Morgan fingerprint density at radius 3 is 2.44 bits per heavy atom. The predicted molar refractivity (Wildman–Crippen MR) is 58.7 cm³/mol. The Hall–Kier alpha value is -2.05. The third kappa shape index (κ3) is 1.32. The van der Waals surface area contributed by atoms with Crippen LogP contribution in [-0.4, -0.2) is 19.1 Å². The highest BCUT2D eigenvalue weighted by molar-refractivity contribution is 5.69. The molecule has 2 aromatic rings. The predicted octanol–water partition coefficient (Wildman–Crippen LogP) is -0.873. The van der Waals surface area contributed by atoms with Gasteiger partial charge in [0.25, 0.3) is 5.56 Å². The molecule has 0 unspecified atom stereocenters. The first-order valence-electron chi connectivity index (χ1n) is 4.98. The van der Waals surface area contributed by atoms with Gasteiger partial charge >= 0.3 is 11.4 Å². The van der Waals surface area contributed by atoms with Gasteiger partial charge < -0.3 is 0 Å². The number of aromatic nitrogens is 4. The third-order valence-electron chi connectivity index (χ3n) is 2.49. The number of imidazole rings is 1. The molecule has 0 bridgehead atoms. The van der Waals surface area contributed by atoms with E-state index >= 15 is 0 Å². The smallest absolute Gasteiger partial charge is 0.291 e. The lowest BCUT2D eigenvalue weighted by atomic mass is 10.4. The van der Waals surface area contributed by atoms with Gasteiger partial charge in [0.15, 0.2) is 5.52 Å². The van der Waals surface area contributed by atoms with Crippen molar-refractivity contribution in [2.24, 2.45) is 7.05 Å². The quantitative estimate of drug-likeness (QED) is 0.694. The number of nitrogens with zero attached hydrogens (tertiary/aromatic N) is 2. The molecule has 0 aliphatic carbocycles. The number of H-pyrrole nitrogens is 2. The summed E-state index contributed by atoms with van der Waals surface area (Å²) in [5.41, 5.74) is -0.975. The summed E-state index contributed by atoms with van der Waals surface area (Å²) >= 11 is 0. The molecule has 0 aromatic carbocycles. The van der Waals surface area contributed by atoms with Crippen LogP contribution < -0.4 is 16.9 Å². The maximum Gasteiger partial charge on any atom is 0.329 e. The van der Waals surface area contributed by atoms with Gasteiger partial charge in [-0.05, 0) is 6.42 Å². The fourth-order valence-electron chi connectivity index (χ4n) is 1.71. The van der Waals surface area contributed by atoms with Crippen LogP contribution in [0.3, 0.4) is 0 Å². The number of nitrogens with one attached hydrogen (secondary N) is 2. The van der Waals surface area contributed by atoms with E-state index in [2.05, 4.69) is 9.97 Å². The highest BCUT2D eigenvalue weighted by atomic mass is 16.2. The maximum atomic E-state index is 11.6. The van der Waals surface area contributed by atoms with Gasteiger partial charge in [0.05, 0.1) is 0 Å². The van der Waals surface area contributed by atoms with Crippen LogP contribution in [0.4, 0.5) is 0 Å². The normalized spacial score (nSPS) is 11.1. The van der Waals surface area contributed by atoms with Gasteiger partial charge in [-0.25, -0.2) is 9.59 Å². The molecule has 0 saturated heterocycles. The molecule has 0 radical (unpaired) electrons. The van der Waals surface area contributed by atoms with Crippen LogP contribution in [0.15, 0.2) is 14.4 Å². The second kappa shape index (κ2) is 3.51. The highest BCUT2D eigenvalue weighted by Crippen LogP contribution is 2.01. The first-order chi connectivity index (χ1) is 7.56. The van der Waals surface area contributed by atoms with Gasteiger partial charge in [-0.2, -0.15) is 0 Å². The monoisotopic (exact) mass is 224 g/mol. The van der Waals surface area contributed by atoms with Crippen molar-refractivity contribution in [2.45, 2.75) is 19.9 Å². The lowest BCUT2D eigenvalue weighted by Crippen LogP contribution is -2.29. The Labute approximate surface area is 89.3 Å². The molecule has 7 heteroatoms. The number of fused-ring (bicyclic) bond motifs is 1. The zero-order chi connectivity index (χ0) is 11.9. The summed E-state index contributed by atoms with van der Waals surface area (Å²) in [5, 5.41) is 0. The summed E-state index contributed by atoms with van der Waals surface area (Å²) in [7, 11) is 1.49. The topological polar surface area (TPSA) is 92.7 Å². The van der Waals surface area contributed by atoms with Crippen molar-refractivity contribution in [1.82, 2.24) is 19.1 Å². The summed E-state index contributed by atoms with van der Waals surface area (Å²) in [6, 6.07) is 0. The molecule has 2 heterocycles. The van der Waals surface area contributed by atoms with Crippen molar-refractivity contribution in [3.63, 3.8) is 0 Å². The maximum absolute atomic E-state index is 11.6. The summed E-state index contributed by atoms with van der Waals surface area (Å²) in [6.45, 7) is 2.35. The van der Waals surface area contributed by atoms with Crippen LogP contribution >= 0.6 is 0 Å². The van der Waals surface area contributed by atoms with Gasteiger partial charge in [0, 0.05) is 13.6 Å². The fourth-order valence-corrected chi connectivity index (χ4v) is 1.71. The lowest BCUT2D eigenvalue weighted by molar-refractivity contribution is 0.672. The van der Waals surface area contributed by atoms with Crippen molar-refractivity contribution in [3.05, 3.63) is 31.3 Å². The molecular formula is C9H12N4O3. The van der Waals surface area contributed by atoms with Crippen molar-refractivity contribution < 1.29 is 0 Å². The van der Waals surface area contributed by atoms with Crippen molar-refractivity contribution >= 4 is 11.2 Å². The fraction of sp³-hybridized carbons (Fsp3) is 0.444. The zero-order valence-electron chi connectivity index (χ0n) is 9.03. The molecule has 16 heavy (non-hydrogen) atoms. The number of aryl methyl sites for hydroxylation is 2. The van der Waals surface area contributed by atoms with E-state index in [0.717, 1.165) is 6.42 Å². The van der Waals surface area contributed by atoms with E-state index in [1.807, 2.05) is 6.92 Å². The van der Waals surface area contributed by atoms with Crippen LogP contribution in [0.25, 0.3) is 11.2 Å². The molecule has 0 fully saturated rings. The summed E-state index contributed by atoms with van der Waals surface area (Å²) in [6.07, 6.45) is 0.731. The third-order valence-corrected chi connectivity index (χ3v) is 2.49. The zero-order valence-corrected chi connectivity index (χ0v) is 9.03. The van der Waals surface area contributed by atoms with E-state index in [4.69, 9.17) is 0 Å². The molecule has 0 atom stereocenters. The Bertz CT molecular complexity index is 700. The number of hydrogen-bond acceptors (Lipinski definition) is 3. The van der Waals surface area contributed by atoms with E-state index in [1.54, 1.807) is 0 Å². The van der Waals surface area contributed by atoms with E-state index < -0.39 is 11.2 Å². The molecular weight excluding hydrogens is 212 g/mol. The summed E-state index contributed by atoms with van der Waals surface area (Å²) < 4.78 is 2.55.